The van der Waals surface area contributed by atoms with Crippen LogP contribution in [0.3, 0.4) is 0 Å². The summed E-state index contributed by atoms with van der Waals surface area (Å²) in [5.74, 6) is 0.0941. The van der Waals surface area contributed by atoms with E-state index in [4.69, 9.17) is 5.73 Å². The molecule has 0 radical (unpaired) electrons. The summed E-state index contributed by atoms with van der Waals surface area (Å²) in [6.07, 6.45) is 0. The maximum Gasteiger partial charge on any atom is 0.169 e. The van der Waals surface area contributed by atoms with Crippen LogP contribution >= 0.6 is 15.9 Å². The van der Waals surface area contributed by atoms with E-state index in [1.165, 1.54) is 0 Å². The van der Waals surface area contributed by atoms with Crippen molar-refractivity contribution in [1.29, 1.82) is 0 Å². The summed E-state index contributed by atoms with van der Waals surface area (Å²) >= 11 is 3.35. The lowest BCUT2D eigenvalue weighted by molar-refractivity contribution is 0.0857. The zero-order chi connectivity index (χ0) is 10.9. The summed E-state index contributed by atoms with van der Waals surface area (Å²) in [4.78, 5) is 12.0. The van der Waals surface area contributed by atoms with Crippen molar-refractivity contribution in [3.8, 4) is 0 Å². The van der Waals surface area contributed by atoms with E-state index in [2.05, 4.69) is 15.9 Å². The number of carbonyl (C=O) groups excluding carboxylic acids is 1. The van der Waals surface area contributed by atoms with Crippen LogP contribution < -0.4 is 5.73 Å². The second-order valence-electron chi connectivity index (χ2n) is 4.32. The van der Waals surface area contributed by atoms with Crippen LogP contribution in [0.2, 0.25) is 0 Å². The van der Waals surface area contributed by atoms with Gasteiger partial charge >= 0.3 is 0 Å². The molecule has 76 valence electrons. The number of carbonyl (C=O) groups is 1. The van der Waals surface area contributed by atoms with Crippen molar-refractivity contribution in [1.82, 2.24) is 0 Å². The molecule has 2 nitrogen and oxygen atoms in total. The van der Waals surface area contributed by atoms with Crippen LogP contribution in [0.1, 0.15) is 31.1 Å². The predicted octanol–water partition coefficient (Wildman–Crippen LogP) is 3.26. The summed E-state index contributed by atoms with van der Waals surface area (Å²) in [5.41, 5.74) is 6.52. The third-order valence-electron chi connectivity index (χ3n) is 1.92. The molecular weight excluding hydrogens is 242 g/mol. The molecule has 0 fully saturated rings. The molecule has 14 heavy (non-hydrogen) atoms. The van der Waals surface area contributed by atoms with Gasteiger partial charge in [0.25, 0.3) is 0 Å². The fourth-order valence-corrected chi connectivity index (χ4v) is 1.55. The lowest BCUT2D eigenvalue weighted by atomic mass is 9.86. The van der Waals surface area contributed by atoms with E-state index >= 15 is 0 Å². The second kappa shape index (κ2) is 3.73. The van der Waals surface area contributed by atoms with Crippen molar-refractivity contribution in [2.24, 2.45) is 5.41 Å². The van der Waals surface area contributed by atoms with Gasteiger partial charge in [0.05, 0.1) is 0 Å². The van der Waals surface area contributed by atoms with E-state index in [0.29, 0.717) is 11.3 Å². The van der Waals surface area contributed by atoms with E-state index in [1.54, 1.807) is 18.2 Å². The molecule has 3 heteroatoms. The van der Waals surface area contributed by atoms with Gasteiger partial charge in [-0.15, -0.1) is 0 Å². The van der Waals surface area contributed by atoms with Crippen molar-refractivity contribution in [3.63, 3.8) is 0 Å². The first-order valence-electron chi connectivity index (χ1n) is 4.42. The Morgan fingerprint density at radius 2 is 1.93 bits per heavy atom. The minimum atomic E-state index is -0.379. The first-order chi connectivity index (χ1) is 6.32. The van der Waals surface area contributed by atoms with E-state index in [-0.39, 0.29) is 11.2 Å². The first kappa shape index (κ1) is 11.2. The Kier molecular flexibility index (Phi) is 3.00. The van der Waals surface area contributed by atoms with Gasteiger partial charge in [0.1, 0.15) is 0 Å². The summed E-state index contributed by atoms with van der Waals surface area (Å²) in [6, 6.07) is 5.27. The van der Waals surface area contributed by atoms with Crippen molar-refractivity contribution < 1.29 is 4.79 Å². The number of hydrogen-bond acceptors (Lipinski definition) is 2. The normalized spacial score (nSPS) is 11.4. The molecule has 0 saturated heterocycles. The molecule has 1 aromatic carbocycles. The Bertz CT molecular complexity index is 366. The van der Waals surface area contributed by atoms with Crippen LogP contribution in [0.5, 0.6) is 0 Å². The van der Waals surface area contributed by atoms with Gasteiger partial charge in [0.2, 0.25) is 0 Å². The fourth-order valence-electron chi connectivity index (χ4n) is 1.12. The maximum absolute atomic E-state index is 12.0. The van der Waals surface area contributed by atoms with E-state index in [9.17, 15) is 4.79 Å². The molecule has 0 aliphatic heterocycles. The molecule has 2 N–H and O–H groups in total. The molecule has 1 aromatic rings. The molecule has 0 unspecified atom stereocenters. The Morgan fingerprint density at radius 1 is 1.36 bits per heavy atom. The molecule has 0 aliphatic carbocycles. The number of hydrogen-bond donors (Lipinski definition) is 1. The van der Waals surface area contributed by atoms with Crippen molar-refractivity contribution >= 4 is 27.4 Å². The highest BCUT2D eigenvalue weighted by atomic mass is 79.9. The number of benzene rings is 1. The smallest absolute Gasteiger partial charge is 0.169 e. The monoisotopic (exact) mass is 255 g/mol. The summed E-state index contributed by atoms with van der Waals surface area (Å²) in [7, 11) is 0. The first-order valence-corrected chi connectivity index (χ1v) is 5.21. The Morgan fingerprint density at radius 3 is 2.43 bits per heavy atom. The molecule has 0 aliphatic rings. The molecule has 0 aromatic heterocycles. The van der Waals surface area contributed by atoms with E-state index in [1.807, 2.05) is 20.8 Å². The summed E-state index contributed by atoms with van der Waals surface area (Å²) in [6.45, 7) is 5.68. The Balaban J connectivity index is 3.19. The van der Waals surface area contributed by atoms with Gasteiger partial charge in [-0.1, -0.05) is 36.7 Å². The molecule has 0 bridgehead atoms. The van der Waals surface area contributed by atoms with E-state index in [0.717, 1.165) is 4.47 Å². The Hall–Kier alpha value is -0.830. The minimum Gasteiger partial charge on any atom is -0.399 e. The average Bonchev–Trinajstić information content (AvgIpc) is 2.06. The number of halogens is 1. The quantitative estimate of drug-likeness (QED) is 0.619. The van der Waals surface area contributed by atoms with Crippen molar-refractivity contribution in [2.75, 3.05) is 5.73 Å². The van der Waals surface area contributed by atoms with Crippen LogP contribution in [0.4, 0.5) is 5.69 Å². The molecule has 0 heterocycles. The van der Waals surface area contributed by atoms with Crippen molar-refractivity contribution in [3.05, 3.63) is 28.2 Å². The van der Waals surface area contributed by atoms with Gasteiger partial charge in [-0.05, 0) is 18.2 Å². The summed E-state index contributed by atoms with van der Waals surface area (Å²) < 4.78 is 0.798. The molecule has 0 amide bonds. The molecule has 0 atom stereocenters. The van der Waals surface area contributed by atoms with Crippen LogP contribution in [0.15, 0.2) is 22.7 Å². The second-order valence-corrected chi connectivity index (χ2v) is 5.17. The van der Waals surface area contributed by atoms with Gasteiger partial charge in [0.15, 0.2) is 5.78 Å². The largest absolute Gasteiger partial charge is 0.399 e. The predicted molar refractivity (Wildman–Crippen MR) is 62.3 cm³/mol. The highest BCUT2D eigenvalue weighted by Crippen LogP contribution is 2.27. The molecule has 0 spiro atoms. The number of rotatable bonds is 1. The number of nitrogens with two attached hydrogens (primary N) is 1. The van der Waals surface area contributed by atoms with Gasteiger partial charge in [-0.2, -0.15) is 0 Å². The minimum absolute atomic E-state index is 0.0941. The highest BCUT2D eigenvalue weighted by Gasteiger charge is 2.24. The van der Waals surface area contributed by atoms with Gasteiger partial charge in [-0.3, -0.25) is 4.79 Å². The highest BCUT2D eigenvalue weighted by molar-refractivity contribution is 9.10. The standard InChI is InChI=1S/C11H14BrNO/c1-11(2,3)10(14)8-6-7(13)4-5-9(8)12/h4-6H,13H2,1-3H3. The molecular formula is C11H14BrNO. The third-order valence-corrected chi connectivity index (χ3v) is 2.61. The van der Waals surface area contributed by atoms with Crippen molar-refractivity contribution in [2.45, 2.75) is 20.8 Å². The van der Waals surface area contributed by atoms with Gasteiger partial charge < -0.3 is 5.73 Å². The van der Waals surface area contributed by atoms with Crippen LogP contribution in [0.25, 0.3) is 0 Å². The number of ketones is 1. The maximum atomic E-state index is 12.0. The Labute approximate surface area is 92.6 Å². The lowest BCUT2D eigenvalue weighted by Gasteiger charge is -2.17. The topological polar surface area (TPSA) is 43.1 Å². The fraction of sp³-hybridized carbons (Fsp3) is 0.364. The third kappa shape index (κ3) is 2.35. The molecule has 0 saturated carbocycles. The van der Waals surface area contributed by atoms with Crippen LogP contribution in [-0.2, 0) is 0 Å². The SMILES string of the molecule is CC(C)(C)C(=O)c1cc(N)ccc1Br. The number of Topliss-reactive ketones (excluding diaryl/α,β-unsaturated/α-hetero) is 1. The lowest BCUT2D eigenvalue weighted by Crippen LogP contribution is -2.20. The van der Waals surface area contributed by atoms with Gasteiger partial charge in [0, 0.05) is 21.1 Å². The zero-order valence-corrected chi connectivity index (χ0v) is 10.2. The van der Waals surface area contributed by atoms with E-state index < -0.39 is 0 Å². The summed E-state index contributed by atoms with van der Waals surface area (Å²) in [5, 5.41) is 0. The number of nitrogen functional groups attached to an aromatic ring is 1. The average molecular weight is 256 g/mol. The van der Waals surface area contributed by atoms with Crippen LogP contribution in [-0.4, -0.2) is 5.78 Å². The zero-order valence-electron chi connectivity index (χ0n) is 8.60. The van der Waals surface area contributed by atoms with Crippen LogP contribution in [0, 0.1) is 5.41 Å². The van der Waals surface area contributed by atoms with Gasteiger partial charge in [-0.25, -0.2) is 0 Å². The number of anilines is 1. The molecule has 1 rings (SSSR count).